The third-order valence-corrected chi connectivity index (χ3v) is 6.21. The third kappa shape index (κ3) is 4.59. The summed E-state index contributed by atoms with van der Waals surface area (Å²) in [6.45, 7) is 0.915. The predicted octanol–water partition coefficient (Wildman–Crippen LogP) is 3.92. The largest absolute Gasteiger partial charge is 0.446 e. The van der Waals surface area contributed by atoms with Crippen LogP contribution in [-0.4, -0.2) is 32.9 Å². The zero-order valence-electron chi connectivity index (χ0n) is 16.8. The summed E-state index contributed by atoms with van der Waals surface area (Å²) in [5, 5.41) is 7.96. The van der Waals surface area contributed by atoms with Crippen molar-refractivity contribution in [2.75, 3.05) is 5.32 Å². The van der Waals surface area contributed by atoms with Crippen molar-refractivity contribution in [1.82, 2.24) is 14.8 Å². The second kappa shape index (κ2) is 9.04. The molecule has 1 aliphatic heterocycles. The zero-order valence-corrected chi connectivity index (χ0v) is 17.5. The summed E-state index contributed by atoms with van der Waals surface area (Å²) in [6.07, 6.45) is 9.42. The predicted molar refractivity (Wildman–Crippen MR) is 113 cm³/mol. The highest BCUT2D eigenvalue weighted by Crippen LogP contribution is 2.34. The lowest BCUT2D eigenvalue weighted by atomic mass is 9.86. The number of aromatic nitrogens is 3. The number of hydrogen-bond acceptors (Lipinski definition) is 5. The molecule has 0 aromatic carbocycles. The lowest BCUT2D eigenvalue weighted by molar-refractivity contribution is -0.122. The first kappa shape index (κ1) is 20.7. The van der Waals surface area contributed by atoms with Crippen molar-refractivity contribution in [2.45, 2.75) is 64.0 Å². The number of primary amides is 1. The molecule has 0 saturated heterocycles. The number of pyridine rings is 1. The van der Waals surface area contributed by atoms with Gasteiger partial charge in [0.2, 0.25) is 5.91 Å². The van der Waals surface area contributed by atoms with E-state index < -0.39 is 6.09 Å². The van der Waals surface area contributed by atoms with Crippen LogP contribution in [0.15, 0.2) is 18.5 Å². The lowest BCUT2D eigenvalue weighted by Gasteiger charge is -2.27. The van der Waals surface area contributed by atoms with E-state index in [4.69, 9.17) is 22.1 Å². The molecule has 2 atom stereocenters. The number of nitrogens with two attached hydrogens (primary N) is 1. The maximum Gasteiger partial charge on any atom is 0.404 e. The summed E-state index contributed by atoms with van der Waals surface area (Å²) in [5.74, 6) is 0.0599. The van der Waals surface area contributed by atoms with Crippen LogP contribution in [0.3, 0.4) is 0 Å². The second-order valence-electron chi connectivity index (χ2n) is 8.00. The molecule has 2 aromatic rings. The van der Waals surface area contributed by atoms with Gasteiger partial charge in [0.25, 0.3) is 0 Å². The summed E-state index contributed by atoms with van der Waals surface area (Å²) in [4.78, 5) is 28.1. The minimum Gasteiger partial charge on any atom is -0.446 e. The van der Waals surface area contributed by atoms with E-state index in [9.17, 15) is 9.59 Å². The average molecular weight is 432 g/mol. The van der Waals surface area contributed by atoms with Gasteiger partial charge in [-0.05, 0) is 51.0 Å². The lowest BCUT2D eigenvalue weighted by Crippen LogP contribution is -2.33. The highest BCUT2D eigenvalue weighted by Gasteiger charge is 2.29. The number of carbonyl (C=O) groups excluding carboxylic acids is 2. The number of nitrogens with one attached hydrogen (secondary N) is 1. The van der Waals surface area contributed by atoms with Crippen LogP contribution in [0.2, 0.25) is 5.02 Å². The van der Waals surface area contributed by atoms with Crippen molar-refractivity contribution in [2.24, 2.45) is 11.7 Å². The monoisotopic (exact) mass is 431 g/mol. The van der Waals surface area contributed by atoms with Crippen LogP contribution >= 0.6 is 11.6 Å². The molecule has 0 bridgehead atoms. The van der Waals surface area contributed by atoms with Gasteiger partial charge in [0, 0.05) is 35.5 Å². The molecule has 3 N–H and O–H groups in total. The number of rotatable bonds is 4. The summed E-state index contributed by atoms with van der Waals surface area (Å²) in [5.41, 5.74) is 8.11. The fourth-order valence-corrected chi connectivity index (χ4v) is 4.62. The molecule has 9 heteroatoms. The Hall–Kier alpha value is -2.61. The number of carbonyl (C=O) groups is 2. The van der Waals surface area contributed by atoms with Crippen LogP contribution in [0.5, 0.6) is 0 Å². The smallest absolute Gasteiger partial charge is 0.404 e. The normalized spacial score (nSPS) is 21.4. The molecule has 2 aromatic heterocycles. The summed E-state index contributed by atoms with van der Waals surface area (Å²) >= 11 is 6.45. The van der Waals surface area contributed by atoms with Crippen molar-refractivity contribution >= 4 is 29.4 Å². The van der Waals surface area contributed by atoms with E-state index in [1.807, 2.05) is 12.3 Å². The molecular formula is C21H26ClN5O3. The number of aryl methyl sites for hydroxylation is 1. The van der Waals surface area contributed by atoms with E-state index in [-0.39, 0.29) is 17.9 Å². The van der Waals surface area contributed by atoms with Crippen molar-refractivity contribution in [3.8, 4) is 11.1 Å². The second-order valence-corrected chi connectivity index (χ2v) is 8.41. The Balaban J connectivity index is 1.51. The molecule has 30 heavy (non-hydrogen) atoms. The molecule has 1 fully saturated rings. The molecule has 2 aliphatic rings. The number of anilines is 1. The highest BCUT2D eigenvalue weighted by molar-refractivity contribution is 6.33. The van der Waals surface area contributed by atoms with Crippen molar-refractivity contribution in [3.63, 3.8) is 0 Å². The molecule has 160 valence electrons. The van der Waals surface area contributed by atoms with E-state index in [2.05, 4.69) is 20.1 Å². The molecule has 0 radical (unpaired) electrons. The number of halogens is 1. The van der Waals surface area contributed by atoms with Crippen molar-refractivity contribution < 1.29 is 14.3 Å². The molecule has 0 unspecified atom stereocenters. The summed E-state index contributed by atoms with van der Waals surface area (Å²) < 4.78 is 7.14. The van der Waals surface area contributed by atoms with Gasteiger partial charge in [-0.2, -0.15) is 5.10 Å². The van der Waals surface area contributed by atoms with Crippen molar-refractivity contribution in [3.05, 3.63) is 29.2 Å². The average Bonchev–Trinajstić information content (AvgIpc) is 2.96. The summed E-state index contributed by atoms with van der Waals surface area (Å²) in [6, 6.07) is 1.81. The molecule has 2 amide bonds. The number of fused-ring (bicyclic) bond motifs is 1. The van der Waals surface area contributed by atoms with Gasteiger partial charge in [0.15, 0.2) is 0 Å². The van der Waals surface area contributed by atoms with Crippen LogP contribution in [0.25, 0.3) is 11.1 Å². The van der Waals surface area contributed by atoms with Gasteiger partial charge in [0.1, 0.15) is 11.9 Å². The van der Waals surface area contributed by atoms with Gasteiger partial charge in [-0.1, -0.05) is 18.0 Å². The topological polar surface area (TPSA) is 112 Å². The summed E-state index contributed by atoms with van der Waals surface area (Å²) in [7, 11) is 0. The quantitative estimate of drug-likeness (QED) is 0.761. The van der Waals surface area contributed by atoms with E-state index >= 15 is 0 Å². The Morgan fingerprint density at radius 1 is 1.17 bits per heavy atom. The SMILES string of the molecule is NC(=O)O[C@@H]1CCC[C@H](C(=O)Nc2cc(-c3cnn4c3CCCCC4)c(Cl)cn2)C1. The van der Waals surface area contributed by atoms with Crippen LogP contribution in [0.1, 0.15) is 50.6 Å². The van der Waals surface area contributed by atoms with Crippen LogP contribution in [0, 0.1) is 5.92 Å². The van der Waals surface area contributed by atoms with Gasteiger partial charge in [-0.3, -0.25) is 9.48 Å². The minimum absolute atomic E-state index is 0.137. The van der Waals surface area contributed by atoms with Gasteiger partial charge in [-0.15, -0.1) is 0 Å². The first-order valence-electron chi connectivity index (χ1n) is 10.5. The molecule has 8 nitrogen and oxygen atoms in total. The van der Waals surface area contributed by atoms with Gasteiger partial charge in [0.05, 0.1) is 11.2 Å². The number of amides is 2. The first-order valence-corrected chi connectivity index (χ1v) is 10.9. The number of hydrogen-bond donors (Lipinski definition) is 2. The standard InChI is InChI=1S/C21H26ClN5O3/c22-17-12-24-19(26-20(28)13-5-4-6-14(9-13)30-21(23)29)10-15(17)16-11-25-27-8-3-1-2-7-18(16)27/h10-14H,1-9H2,(H2,23,29)(H,24,26,28)/t13-,14+/m0/s1. The number of ether oxygens (including phenoxy) is 1. The van der Waals surface area contributed by atoms with Crippen LogP contribution < -0.4 is 11.1 Å². The Kier molecular flexibility index (Phi) is 6.22. The maximum atomic E-state index is 12.8. The minimum atomic E-state index is -0.801. The number of nitrogens with zero attached hydrogens (tertiary/aromatic N) is 3. The fraction of sp³-hybridized carbons (Fsp3) is 0.524. The maximum absolute atomic E-state index is 12.8. The molecular weight excluding hydrogens is 406 g/mol. The van der Waals surface area contributed by atoms with E-state index in [1.54, 1.807) is 6.20 Å². The third-order valence-electron chi connectivity index (χ3n) is 5.91. The Morgan fingerprint density at radius 2 is 2.03 bits per heavy atom. The zero-order chi connectivity index (χ0) is 21.1. The highest BCUT2D eigenvalue weighted by atomic mass is 35.5. The molecule has 0 spiro atoms. The molecule has 1 saturated carbocycles. The molecule has 4 rings (SSSR count). The molecule has 3 heterocycles. The molecule has 1 aliphatic carbocycles. The van der Waals surface area contributed by atoms with Crippen LogP contribution in [0.4, 0.5) is 10.6 Å². The van der Waals surface area contributed by atoms with Gasteiger partial charge in [-0.25, -0.2) is 9.78 Å². The Bertz CT molecular complexity index is 945. The van der Waals surface area contributed by atoms with E-state index in [0.717, 1.165) is 56.2 Å². The van der Waals surface area contributed by atoms with Gasteiger partial charge < -0.3 is 15.8 Å². The first-order chi connectivity index (χ1) is 14.5. The van der Waals surface area contributed by atoms with Gasteiger partial charge >= 0.3 is 6.09 Å². The van der Waals surface area contributed by atoms with Crippen molar-refractivity contribution in [1.29, 1.82) is 0 Å². The Morgan fingerprint density at radius 3 is 2.87 bits per heavy atom. The fourth-order valence-electron chi connectivity index (χ4n) is 4.42. The van der Waals surface area contributed by atoms with Crippen LogP contribution in [-0.2, 0) is 22.5 Å². The van der Waals surface area contributed by atoms with E-state index in [1.165, 1.54) is 12.1 Å². The Labute approximate surface area is 180 Å². The van der Waals surface area contributed by atoms with E-state index in [0.29, 0.717) is 17.3 Å².